The van der Waals surface area contributed by atoms with Crippen LogP contribution in [0.3, 0.4) is 0 Å². The highest BCUT2D eigenvalue weighted by Gasteiger charge is 2.36. The summed E-state index contributed by atoms with van der Waals surface area (Å²) in [6.45, 7) is 0. The molecule has 148 valence electrons. The van der Waals surface area contributed by atoms with Crippen LogP contribution in [-0.4, -0.2) is 35.9 Å². The monoisotopic (exact) mass is 387 g/mol. The van der Waals surface area contributed by atoms with Crippen LogP contribution >= 0.6 is 0 Å². The Bertz CT molecular complexity index is 702. The van der Waals surface area contributed by atoms with E-state index in [9.17, 15) is 32.7 Å². The van der Waals surface area contributed by atoms with Crippen molar-refractivity contribution in [3.8, 4) is 0 Å². The Kier molecular flexibility index (Phi) is 6.59. The first-order valence-corrected chi connectivity index (χ1v) is 8.38. The lowest BCUT2D eigenvalue weighted by Crippen LogP contribution is -2.49. The van der Waals surface area contributed by atoms with Crippen molar-refractivity contribution in [2.75, 3.05) is 7.11 Å². The number of hydrogen-bond donors (Lipinski definition) is 2. The van der Waals surface area contributed by atoms with Gasteiger partial charge >= 0.3 is 12.1 Å². The van der Waals surface area contributed by atoms with E-state index in [2.05, 4.69) is 10.1 Å². The van der Waals surface area contributed by atoms with Gasteiger partial charge in [0.2, 0.25) is 0 Å². The highest BCUT2D eigenvalue weighted by atomic mass is 19.4. The zero-order chi connectivity index (χ0) is 20.2. The predicted octanol–water partition coefficient (Wildman–Crippen LogP) is 2.16. The van der Waals surface area contributed by atoms with E-state index in [0.29, 0.717) is 19.3 Å². The Morgan fingerprint density at radius 2 is 1.89 bits per heavy atom. The number of carbonyl (C=O) groups is 3. The van der Waals surface area contributed by atoms with Crippen LogP contribution in [0, 0.1) is 5.92 Å². The molecule has 1 aromatic carbocycles. The quantitative estimate of drug-likeness (QED) is 0.756. The van der Waals surface area contributed by atoms with Gasteiger partial charge in [-0.25, -0.2) is 4.79 Å². The minimum atomic E-state index is -4.53. The number of aliphatic hydroxyl groups excluding tert-OH is 1. The molecule has 0 spiro atoms. The van der Waals surface area contributed by atoms with Gasteiger partial charge in [0.25, 0.3) is 5.91 Å². The zero-order valence-corrected chi connectivity index (χ0v) is 14.6. The van der Waals surface area contributed by atoms with Gasteiger partial charge in [-0.3, -0.25) is 9.59 Å². The lowest BCUT2D eigenvalue weighted by Gasteiger charge is -2.29. The van der Waals surface area contributed by atoms with Gasteiger partial charge in [-0.1, -0.05) is 12.1 Å². The fourth-order valence-corrected chi connectivity index (χ4v) is 3.08. The van der Waals surface area contributed by atoms with Gasteiger partial charge < -0.3 is 15.2 Å². The number of ketones is 1. The molecule has 9 heteroatoms. The second-order valence-electron chi connectivity index (χ2n) is 6.43. The number of hydrogen-bond acceptors (Lipinski definition) is 5. The van der Waals surface area contributed by atoms with Crippen LogP contribution in [-0.2, 0) is 25.3 Å². The normalized spacial score (nSPS) is 19.9. The third-order valence-electron chi connectivity index (χ3n) is 4.55. The van der Waals surface area contributed by atoms with E-state index in [1.807, 2.05) is 0 Å². The number of aliphatic hydroxyl groups is 1. The molecule has 2 N–H and O–H groups in total. The summed E-state index contributed by atoms with van der Waals surface area (Å²) >= 11 is 0. The van der Waals surface area contributed by atoms with Gasteiger partial charge in [0.1, 0.15) is 11.8 Å². The second kappa shape index (κ2) is 8.51. The second-order valence-corrected chi connectivity index (χ2v) is 6.43. The van der Waals surface area contributed by atoms with Gasteiger partial charge in [-0.15, -0.1) is 0 Å². The largest absolute Gasteiger partial charge is 0.467 e. The molecule has 1 aliphatic rings. The fraction of sp³-hybridized carbons (Fsp3) is 0.500. The van der Waals surface area contributed by atoms with E-state index in [1.54, 1.807) is 0 Å². The summed E-state index contributed by atoms with van der Waals surface area (Å²) in [6, 6.07) is 2.37. The Hall–Kier alpha value is -2.42. The van der Waals surface area contributed by atoms with Crippen molar-refractivity contribution < 1.29 is 37.4 Å². The van der Waals surface area contributed by atoms with Crippen molar-refractivity contribution in [1.82, 2.24) is 5.32 Å². The van der Waals surface area contributed by atoms with E-state index >= 15 is 0 Å². The first-order valence-electron chi connectivity index (χ1n) is 8.38. The molecule has 0 aromatic heterocycles. The van der Waals surface area contributed by atoms with Crippen LogP contribution in [0.2, 0.25) is 0 Å². The number of methoxy groups -OCH3 is 1. The number of nitrogens with one attached hydrogen (secondary N) is 1. The molecule has 1 saturated carbocycles. The Labute approximate surface area is 153 Å². The van der Waals surface area contributed by atoms with Gasteiger partial charge in [0.05, 0.1) is 12.7 Å². The molecular weight excluding hydrogens is 367 g/mol. The van der Waals surface area contributed by atoms with Gasteiger partial charge in [-0.05, 0) is 36.5 Å². The third kappa shape index (κ3) is 5.29. The molecule has 27 heavy (non-hydrogen) atoms. The minimum Gasteiger partial charge on any atom is -0.467 e. The summed E-state index contributed by atoms with van der Waals surface area (Å²) in [5.41, 5.74) is -0.962. The smallest absolute Gasteiger partial charge is 0.416 e. The Morgan fingerprint density at radius 1 is 1.26 bits per heavy atom. The number of amides is 1. The number of alkyl halides is 3. The highest BCUT2D eigenvalue weighted by molar-refractivity contribution is 5.88. The van der Waals surface area contributed by atoms with Gasteiger partial charge in [0.15, 0.2) is 6.10 Å². The lowest BCUT2D eigenvalue weighted by atomic mass is 9.83. The van der Waals surface area contributed by atoms with E-state index in [-0.39, 0.29) is 17.8 Å². The molecule has 3 atom stereocenters. The number of carbonyl (C=O) groups excluding carboxylic acids is 3. The number of esters is 1. The highest BCUT2D eigenvalue weighted by Crippen LogP contribution is 2.30. The maximum absolute atomic E-state index is 12.6. The van der Waals surface area contributed by atoms with E-state index < -0.39 is 41.7 Å². The van der Waals surface area contributed by atoms with Crippen molar-refractivity contribution in [1.29, 1.82) is 0 Å². The molecule has 0 saturated heterocycles. The van der Waals surface area contributed by atoms with Crippen molar-refractivity contribution in [3.05, 3.63) is 35.4 Å². The van der Waals surface area contributed by atoms with Gasteiger partial charge in [0, 0.05) is 12.8 Å². The average Bonchev–Trinajstić information content (AvgIpc) is 2.64. The van der Waals surface area contributed by atoms with Crippen molar-refractivity contribution in [3.63, 3.8) is 0 Å². The maximum Gasteiger partial charge on any atom is 0.416 e. The summed E-state index contributed by atoms with van der Waals surface area (Å²) in [5, 5.41) is 12.5. The number of halogens is 3. The Balaban J connectivity index is 2.11. The van der Waals surface area contributed by atoms with Crippen LogP contribution < -0.4 is 5.32 Å². The molecule has 1 amide bonds. The number of Topliss-reactive ketones (excluding diaryl/α,β-unsaturated/α-hetero) is 1. The lowest BCUT2D eigenvalue weighted by molar-refractivity contribution is -0.149. The van der Waals surface area contributed by atoms with Crippen molar-refractivity contribution >= 4 is 17.7 Å². The fourth-order valence-electron chi connectivity index (χ4n) is 3.08. The van der Waals surface area contributed by atoms with E-state index in [1.165, 1.54) is 0 Å². The molecule has 0 radical (unpaired) electrons. The molecule has 6 nitrogen and oxygen atoms in total. The molecule has 0 unspecified atom stereocenters. The van der Waals surface area contributed by atoms with Crippen molar-refractivity contribution in [2.24, 2.45) is 5.92 Å². The van der Waals surface area contributed by atoms with E-state index in [0.717, 1.165) is 31.4 Å². The topological polar surface area (TPSA) is 92.7 Å². The van der Waals surface area contributed by atoms with Crippen LogP contribution in [0.1, 0.15) is 42.9 Å². The summed E-state index contributed by atoms with van der Waals surface area (Å²) in [4.78, 5) is 36.0. The average molecular weight is 387 g/mol. The van der Waals surface area contributed by atoms with E-state index in [4.69, 9.17) is 0 Å². The number of ether oxygens (including phenoxy) is 1. The van der Waals surface area contributed by atoms with Gasteiger partial charge in [-0.2, -0.15) is 13.2 Å². The van der Waals surface area contributed by atoms with Crippen LogP contribution in [0.4, 0.5) is 13.2 Å². The summed E-state index contributed by atoms with van der Waals surface area (Å²) < 4.78 is 42.5. The number of benzene rings is 1. The molecule has 1 aliphatic carbocycles. The summed E-state index contributed by atoms with van der Waals surface area (Å²) in [7, 11) is 1.14. The predicted molar refractivity (Wildman–Crippen MR) is 87.3 cm³/mol. The summed E-state index contributed by atoms with van der Waals surface area (Å²) in [5.74, 6) is -2.19. The zero-order valence-electron chi connectivity index (χ0n) is 14.6. The Morgan fingerprint density at radius 3 is 2.41 bits per heavy atom. The SMILES string of the molecule is COC(=O)[C@H](NC(=O)[C@H](O)c1ccc(C(F)(F)F)cc1)[C@H]1CCCC(=O)C1. The molecule has 0 aliphatic heterocycles. The first-order chi connectivity index (χ1) is 12.6. The molecule has 0 bridgehead atoms. The van der Waals surface area contributed by atoms with Crippen LogP contribution in [0.15, 0.2) is 24.3 Å². The standard InChI is InChI=1S/C18H20F3NO5/c1-27-17(26)14(11-3-2-4-13(23)9-11)22-16(25)15(24)10-5-7-12(8-6-10)18(19,20)21/h5-8,11,14-15,24H,2-4,9H2,1H3,(H,22,25)/t11-,14+,15+/m0/s1. The molecule has 0 heterocycles. The van der Waals surface area contributed by atoms with Crippen LogP contribution in [0.5, 0.6) is 0 Å². The maximum atomic E-state index is 12.6. The third-order valence-corrected chi connectivity index (χ3v) is 4.55. The summed E-state index contributed by atoms with van der Waals surface area (Å²) in [6.07, 6.45) is -4.67. The minimum absolute atomic E-state index is 0.0299. The molecule has 1 fully saturated rings. The molecule has 2 rings (SSSR count). The number of rotatable bonds is 5. The molecule has 1 aromatic rings. The first kappa shape index (κ1) is 20.9. The molecular formula is C18H20F3NO5. The van der Waals surface area contributed by atoms with Crippen LogP contribution in [0.25, 0.3) is 0 Å². The van der Waals surface area contributed by atoms with Crippen molar-refractivity contribution in [2.45, 2.75) is 44.0 Å².